The van der Waals surface area contributed by atoms with E-state index in [1.807, 2.05) is 43.9 Å². The molecule has 0 aliphatic carbocycles. The molecule has 0 unspecified atom stereocenters. The summed E-state index contributed by atoms with van der Waals surface area (Å²) >= 11 is 0. The van der Waals surface area contributed by atoms with Crippen molar-refractivity contribution in [2.24, 2.45) is 0 Å². The zero-order valence-electron chi connectivity index (χ0n) is 19.9. The smallest absolute Gasteiger partial charge is 0.324 e. The standard InChI is InChI=1S/C26H31N5O3/c1-5-17(3)21-11-12-22(27)23(15-21)29-24(32)20-9-7-19(8-10-20)16-28-26(34)31-14-13-30(6-2)18(4)25(31)33/h5,7-12,15H,4,6,13-14,16,27H2,1-3H3,(H,28,34)(H,29,32)/b17-5+. The Balaban J connectivity index is 1.59. The molecule has 1 aliphatic heterocycles. The van der Waals surface area contributed by atoms with Gasteiger partial charge in [0, 0.05) is 31.7 Å². The largest absolute Gasteiger partial charge is 0.397 e. The average Bonchev–Trinajstić information content (AvgIpc) is 2.85. The van der Waals surface area contributed by atoms with E-state index in [1.54, 1.807) is 30.3 Å². The monoisotopic (exact) mass is 461 g/mol. The number of carbonyl (C=O) groups is 3. The normalized spacial score (nSPS) is 14.3. The maximum Gasteiger partial charge on any atom is 0.324 e. The quantitative estimate of drug-likeness (QED) is 0.448. The van der Waals surface area contributed by atoms with E-state index < -0.39 is 6.03 Å². The first-order valence-electron chi connectivity index (χ1n) is 11.2. The molecule has 1 aliphatic rings. The molecule has 178 valence electrons. The number of nitrogens with zero attached hydrogens (tertiary/aromatic N) is 2. The van der Waals surface area contributed by atoms with Gasteiger partial charge in [0.1, 0.15) is 0 Å². The molecule has 1 saturated heterocycles. The van der Waals surface area contributed by atoms with Crippen LogP contribution in [0.2, 0.25) is 0 Å². The highest BCUT2D eigenvalue weighted by molar-refractivity contribution is 6.06. The Morgan fingerprint density at radius 1 is 1.12 bits per heavy atom. The molecule has 0 atom stereocenters. The highest BCUT2D eigenvalue weighted by Crippen LogP contribution is 2.25. The van der Waals surface area contributed by atoms with E-state index in [9.17, 15) is 14.4 Å². The molecule has 1 fully saturated rings. The van der Waals surface area contributed by atoms with Crippen molar-refractivity contribution in [1.29, 1.82) is 0 Å². The summed E-state index contributed by atoms with van der Waals surface area (Å²) in [5.74, 6) is -0.666. The average molecular weight is 462 g/mol. The fraction of sp³-hybridized carbons (Fsp3) is 0.269. The lowest BCUT2D eigenvalue weighted by atomic mass is 10.1. The van der Waals surface area contributed by atoms with Gasteiger partial charge in [-0.05, 0) is 61.7 Å². The number of nitrogen functional groups attached to an aromatic ring is 1. The molecule has 0 aromatic heterocycles. The summed E-state index contributed by atoms with van der Waals surface area (Å²) in [6.07, 6.45) is 1.99. The number of urea groups is 1. The molecule has 1 heterocycles. The molecule has 2 aromatic rings. The van der Waals surface area contributed by atoms with Gasteiger partial charge in [0.05, 0.1) is 17.1 Å². The number of likely N-dealkylation sites (N-methyl/N-ethyl adjacent to an activating group) is 1. The summed E-state index contributed by atoms with van der Waals surface area (Å²) in [4.78, 5) is 40.6. The first kappa shape index (κ1) is 24.6. The number of rotatable bonds is 6. The van der Waals surface area contributed by atoms with Gasteiger partial charge in [0.25, 0.3) is 11.8 Å². The zero-order chi connectivity index (χ0) is 24.8. The van der Waals surface area contributed by atoms with E-state index in [4.69, 9.17) is 5.73 Å². The molecular formula is C26H31N5O3. The number of imide groups is 1. The summed E-state index contributed by atoms with van der Waals surface area (Å²) in [6, 6.07) is 12.0. The third-order valence-electron chi connectivity index (χ3n) is 5.94. The van der Waals surface area contributed by atoms with E-state index in [0.29, 0.717) is 42.3 Å². The predicted octanol–water partition coefficient (Wildman–Crippen LogP) is 3.83. The van der Waals surface area contributed by atoms with Crippen LogP contribution in [0.3, 0.4) is 0 Å². The molecule has 0 spiro atoms. The molecule has 3 rings (SSSR count). The van der Waals surface area contributed by atoms with Gasteiger partial charge in [-0.2, -0.15) is 0 Å². The summed E-state index contributed by atoms with van der Waals surface area (Å²) in [5.41, 5.74) is 10.7. The minimum Gasteiger partial charge on any atom is -0.397 e. The second-order valence-corrected chi connectivity index (χ2v) is 8.07. The fourth-order valence-electron chi connectivity index (χ4n) is 3.61. The van der Waals surface area contributed by atoms with Crippen LogP contribution in [0.4, 0.5) is 16.2 Å². The van der Waals surface area contributed by atoms with Gasteiger partial charge in [0.2, 0.25) is 0 Å². The highest BCUT2D eigenvalue weighted by Gasteiger charge is 2.30. The molecular weight excluding hydrogens is 430 g/mol. The van der Waals surface area contributed by atoms with Crippen LogP contribution in [0.1, 0.15) is 42.3 Å². The second kappa shape index (κ2) is 10.7. The van der Waals surface area contributed by atoms with Crippen molar-refractivity contribution in [1.82, 2.24) is 15.1 Å². The molecule has 8 nitrogen and oxygen atoms in total. The Morgan fingerprint density at radius 2 is 1.79 bits per heavy atom. The second-order valence-electron chi connectivity index (χ2n) is 8.07. The topological polar surface area (TPSA) is 108 Å². The molecule has 4 N–H and O–H groups in total. The van der Waals surface area contributed by atoms with Gasteiger partial charge in [0.15, 0.2) is 0 Å². The Hall–Kier alpha value is -4.07. The number of amides is 4. The van der Waals surface area contributed by atoms with Gasteiger partial charge < -0.3 is 21.3 Å². The van der Waals surface area contributed by atoms with Gasteiger partial charge >= 0.3 is 6.03 Å². The molecule has 4 amide bonds. The van der Waals surface area contributed by atoms with Gasteiger partial charge in [-0.3, -0.25) is 14.5 Å². The van der Waals surface area contributed by atoms with Crippen molar-refractivity contribution >= 4 is 34.8 Å². The molecule has 34 heavy (non-hydrogen) atoms. The van der Waals surface area contributed by atoms with E-state index in [-0.39, 0.29) is 18.4 Å². The van der Waals surface area contributed by atoms with Crippen molar-refractivity contribution in [2.75, 3.05) is 30.7 Å². The summed E-state index contributed by atoms with van der Waals surface area (Å²) in [7, 11) is 0. The van der Waals surface area contributed by atoms with Crippen molar-refractivity contribution in [2.45, 2.75) is 27.3 Å². The lowest BCUT2D eigenvalue weighted by Crippen LogP contribution is -2.53. The van der Waals surface area contributed by atoms with E-state index in [0.717, 1.165) is 16.7 Å². The maximum atomic E-state index is 12.7. The third-order valence-corrected chi connectivity index (χ3v) is 5.94. The van der Waals surface area contributed by atoms with Crippen LogP contribution in [0.5, 0.6) is 0 Å². The van der Waals surface area contributed by atoms with Crippen molar-refractivity contribution in [3.8, 4) is 0 Å². The van der Waals surface area contributed by atoms with Crippen LogP contribution in [0, 0.1) is 0 Å². The van der Waals surface area contributed by atoms with E-state index in [2.05, 4.69) is 17.2 Å². The SMILES string of the molecule is C=C1C(=O)N(C(=O)NCc2ccc(C(=O)Nc3cc(/C(C)=C/C)ccc3N)cc2)CCN1CC. The number of hydrogen-bond acceptors (Lipinski definition) is 5. The molecule has 2 aromatic carbocycles. The van der Waals surface area contributed by atoms with Crippen molar-refractivity contribution in [3.63, 3.8) is 0 Å². The number of hydrogen-bond donors (Lipinski definition) is 3. The van der Waals surface area contributed by atoms with E-state index >= 15 is 0 Å². The highest BCUT2D eigenvalue weighted by atomic mass is 16.2. The molecule has 0 radical (unpaired) electrons. The van der Waals surface area contributed by atoms with Crippen molar-refractivity contribution in [3.05, 3.63) is 77.5 Å². The van der Waals surface area contributed by atoms with E-state index in [1.165, 1.54) is 4.90 Å². The summed E-state index contributed by atoms with van der Waals surface area (Å²) in [5, 5.41) is 5.61. The number of anilines is 2. The number of allylic oxidation sites excluding steroid dienone is 2. The number of nitrogens with two attached hydrogens (primary N) is 1. The summed E-state index contributed by atoms with van der Waals surface area (Å²) in [6.45, 7) is 11.5. The Morgan fingerprint density at radius 3 is 2.44 bits per heavy atom. The van der Waals surface area contributed by atoms with Gasteiger partial charge in [-0.15, -0.1) is 0 Å². The van der Waals surface area contributed by atoms with Crippen LogP contribution < -0.4 is 16.4 Å². The van der Waals surface area contributed by atoms with Crippen LogP contribution in [-0.4, -0.2) is 47.3 Å². The van der Waals surface area contributed by atoms with Crippen molar-refractivity contribution < 1.29 is 14.4 Å². The Labute approximate surface area is 200 Å². The van der Waals surface area contributed by atoms with Gasteiger partial charge in [-0.1, -0.05) is 30.9 Å². The number of carbonyl (C=O) groups excluding carboxylic acids is 3. The first-order valence-corrected chi connectivity index (χ1v) is 11.2. The molecule has 0 bridgehead atoms. The number of benzene rings is 2. The number of piperazine rings is 1. The first-order chi connectivity index (χ1) is 16.2. The zero-order valence-corrected chi connectivity index (χ0v) is 19.9. The molecule has 0 saturated carbocycles. The van der Waals surface area contributed by atoms with Crippen LogP contribution in [0.15, 0.2) is 60.8 Å². The van der Waals surface area contributed by atoms with Gasteiger partial charge in [-0.25, -0.2) is 4.79 Å². The lowest BCUT2D eigenvalue weighted by molar-refractivity contribution is -0.128. The number of nitrogens with one attached hydrogen (secondary N) is 2. The lowest BCUT2D eigenvalue weighted by Gasteiger charge is -2.35. The van der Waals surface area contributed by atoms with Crippen LogP contribution in [-0.2, 0) is 11.3 Å². The Kier molecular flexibility index (Phi) is 7.73. The Bertz CT molecular complexity index is 1140. The fourth-order valence-corrected chi connectivity index (χ4v) is 3.61. The van der Waals surface area contributed by atoms with Crippen LogP contribution >= 0.6 is 0 Å². The molecule has 8 heteroatoms. The van der Waals surface area contributed by atoms with Crippen LogP contribution in [0.25, 0.3) is 5.57 Å². The predicted molar refractivity (Wildman–Crippen MR) is 135 cm³/mol. The summed E-state index contributed by atoms with van der Waals surface area (Å²) < 4.78 is 0. The maximum absolute atomic E-state index is 12.7. The third kappa shape index (κ3) is 5.46. The minimum atomic E-state index is -0.462. The minimum absolute atomic E-state index is 0.228.